The lowest BCUT2D eigenvalue weighted by Gasteiger charge is -2.18. The van der Waals surface area contributed by atoms with Gasteiger partial charge in [0.2, 0.25) is 5.91 Å². The molecule has 0 saturated heterocycles. The number of amides is 1. The lowest BCUT2D eigenvalue weighted by molar-refractivity contribution is -0.122. The SMILES string of the molecule is CC(C)C(N)CC(=O)NC1(CO)CC1. The van der Waals surface area contributed by atoms with Crippen molar-refractivity contribution in [2.75, 3.05) is 6.61 Å². The first-order valence-corrected chi connectivity index (χ1v) is 5.16. The van der Waals surface area contributed by atoms with Crippen LogP contribution in [0.5, 0.6) is 0 Å². The summed E-state index contributed by atoms with van der Waals surface area (Å²) in [7, 11) is 0. The van der Waals surface area contributed by atoms with E-state index in [1.165, 1.54) is 0 Å². The summed E-state index contributed by atoms with van der Waals surface area (Å²) in [5.74, 6) is 0.266. The number of aliphatic hydroxyl groups excluding tert-OH is 1. The number of hydrogen-bond acceptors (Lipinski definition) is 3. The van der Waals surface area contributed by atoms with Gasteiger partial charge < -0.3 is 16.2 Å². The van der Waals surface area contributed by atoms with E-state index in [-0.39, 0.29) is 24.1 Å². The van der Waals surface area contributed by atoms with Crippen LogP contribution in [0.25, 0.3) is 0 Å². The molecule has 1 saturated carbocycles. The van der Waals surface area contributed by atoms with Gasteiger partial charge in [0.25, 0.3) is 0 Å². The fourth-order valence-corrected chi connectivity index (χ4v) is 1.27. The Kier molecular flexibility index (Phi) is 3.50. The molecule has 0 spiro atoms. The van der Waals surface area contributed by atoms with Crippen LogP contribution in [0.15, 0.2) is 0 Å². The maximum atomic E-state index is 11.5. The minimum atomic E-state index is -0.312. The third-order valence-electron chi connectivity index (χ3n) is 2.84. The van der Waals surface area contributed by atoms with Gasteiger partial charge in [-0.1, -0.05) is 13.8 Å². The highest BCUT2D eigenvalue weighted by atomic mass is 16.3. The lowest BCUT2D eigenvalue weighted by atomic mass is 10.0. The molecule has 14 heavy (non-hydrogen) atoms. The lowest BCUT2D eigenvalue weighted by Crippen LogP contribution is -2.43. The number of rotatable bonds is 5. The van der Waals surface area contributed by atoms with Crippen molar-refractivity contribution in [1.29, 1.82) is 0 Å². The molecule has 0 radical (unpaired) electrons. The van der Waals surface area contributed by atoms with Gasteiger partial charge in [0, 0.05) is 12.5 Å². The zero-order chi connectivity index (χ0) is 10.8. The van der Waals surface area contributed by atoms with E-state index in [1.54, 1.807) is 0 Å². The van der Waals surface area contributed by atoms with E-state index in [0.717, 1.165) is 12.8 Å². The van der Waals surface area contributed by atoms with Gasteiger partial charge in [-0.25, -0.2) is 0 Å². The molecule has 0 aromatic carbocycles. The van der Waals surface area contributed by atoms with Gasteiger partial charge >= 0.3 is 0 Å². The van der Waals surface area contributed by atoms with Gasteiger partial charge in [-0.05, 0) is 18.8 Å². The van der Waals surface area contributed by atoms with Gasteiger partial charge in [-0.2, -0.15) is 0 Å². The zero-order valence-corrected chi connectivity index (χ0v) is 8.92. The van der Waals surface area contributed by atoms with Gasteiger partial charge in [0.1, 0.15) is 0 Å². The predicted octanol–water partition coefficient (Wildman–Crippen LogP) is 0.000900. The number of nitrogens with two attached hydrogens (primary N) is 1. The third kappa shape index (κ3) is 2.96. The highest BCUT2D eigenvalue weighted by molar-refractivity contribution is 5.77. The molecule has 1 atom stereocenters. The first-order valence-electron chi connectivity index (χ1n) is 5.16. The van der Waals surface area contributed by atoms with Crippen LogP contribution >= 0.6 is 0 Å². The van der Waals surface area contributed by atoms with Gasteiger partial charge in [-0.3, -0.25) is 4.79 Å². The molecular weight excluding hydrogens is 180 g/mol. The summed E-state index contributed by atoms with van der Waals surface area (Å²) in [5, 5.41) is 11.8. The Hall–Kier alpha value is -0.610. The van der Waals surface area contributed by atoms with Crippen molar-refractivity contribution in [3.05, 3.63) is 0 Å². The molecule has 4 nitrogen and oxygen atoms in total. The summed E-state index contributed by atoms with van der Waals surface area (Å²) in [4.78, 5) is 11.5. The van der Waals surface area contributed by atoms with E-state index in [2.05, 4.69) is 5.32 Å². The fourth-order valence-electron chi connectivity index (χ4n) is 1.27. The van der Waals surface area contributed by atoms with Crippen LogP contribution in [0.2, 0.25) is 0 Å². The average Bonchev–Trinajstić information content (AvgIpc) is 2.85. The molecule has 1 unspecified atom stereocenters. The Bertz CT molecular complexity index is 212. The molecule has 0 bridgehead atoms. The number of carbonyl (C=O) groups is 1. The quantitative estimate of drug-likeness (QED) is 0.585. The van der Waals surface area contributed by atoms with Crippen molar-refractivity contribution in [3.8, 4) is 0 Å². The van der Waals surface area contributed by atoms with E-state index in [0.29, 0.717) is 12.3 Å². The van der Waals surface area contributed by atoms with Gasteiger partial charge in [-0.15, -0.1) is 0 Å². The molecule has 1 amide bonds. The van der Waals surface area contributed by atoms with Crippen molar-refractivity contribution in [3.63, 3.8) is 0 Å². The zero-order valence-electron chi connectivity index (χ0n) is 8.92. The van der Waals surface area contributed by atoms with E-state index < -0.39 is 0 Å². The first-order chi connectivity index (χ1) is 6.49. The molecule has 0 aliphatic heterocycles. The van der Waals surface area contributed by atoms with Gasteiger partial charge in [0.05, 0.1) is 12.1 Å². The molecule has 0 heterocycles. The molecule has 4 heteroatoms. The molecule has 82 valence electrons. The molecule has 1 aliphatic rings. The Morgan fingerprint density at radius 3 is 2.50 bits per heavy atom. The summed E-state index contributed by atoms with van der Waals surface area (Å²) >= 11 is 0. The Morgan fingerprint density at radius 2 is 2.14 bits per heavy atom. The second kappa shape index (κ2) is 4.28. The van der Waals surface area contributed by atoms with E-state index in [9.17, 15) is 4.79 Å². The summed E-state index contributed by atoms with van der Waals surface area (Å²) in [5.41, 5.74) is 5.46. The highest BCUT2D eigenvalue weighted by Gasteiger charge is 2.43. The summed E-state index contributed by atoms with van der Waals surface area (Å²) in [6.45, 7) is 4.03. The Balaban J connectivity index is 2.29. The number of hydrogen-bond donors (Lipinski definition) is 3. The van der Waals surface area contributed by atoms with Crippen LogP contribution < -0.4 is 11.1 Å². The Morgan fingerprint density at radius 1 is 1.57 bits per heavy atom. The van der Waals surface area contributed by atoms with Crippen LogP contribution in [0.1, 0.15) is 33.1 Å². The van der Waals surface area contributed by atoms with E-state index >= 15 is 0 Å². The number of carbonyl (C=O) groups excluding carboxylic acids is 1. The normalized spacial score (nSPS) is 20.6. The summed E-state index contributed by atoms with van der Waals surface area (Å²) in [6, 6.07) is -0.0931. The highest BCUT2D eigenvalue weighted by Crippen LogP contribution is 2.34. The topological polar surface area (TPSA) is 75.4 Å². The second-order valence-electron chi connectivity index (χ2n) is 4.60. The minimum absolute atomic E-state index is 0.0374. The van der Waals surface area contributed by atoms with Crippen LogP contribution in [0, 0.1) is 5.92 Å². The largest absolute Gasteiger partial charge is 0.394 e. The van der Waals surface area contributed by atoms with Gasteiger partial charge in [0.15, 0.2) is 0 Å². The molecular formula is C10H20N2O2. The number of nitrogens with one attached hydrogen (secondary N) is 1. The Labute approximate surface area is 84.9 Å². The van der Waals surface area contributed by atoms with E-state index in [4.69, 9.17) is 10.8 Å². The molecule has 0 aromatic heterocycles. The average molecular weight is 200 g/mol. The van der Waals surface area contributed by atoms with E-state index in [1.807, 2.05) is 13.8 Å². The second-order valence-corrected chi connectivity index (χ2v) is 4.60. The molecule has 1 aliphatic carbocycles. The first kappa shape index (κ1) is 11.5. The van der Waals surface area contributed by atoms with Crippen molar-refractivity contribution in [2.24, 2.45) is 11.7 Å². The molecule has 1 rings (SSSR count). The standard InChI is InChI=1S/C10H20N2O2/c1-7(2)8(11)5-9(14)12-10(6-13)3-4-10/h7-8,13H,3-6,11H2,1-2H3,(H,12,14). The van der Waals surface area contributed by atoms with Crippen molar-refractivity contribution in [1.82, 2.24) is 5.32 Å². The van der Waals surface area contributed by atoms with Crippen LogP contribution in [-0.4, -0.2) is 29.2 Å². The van der Waals surface area contributed by atoms with Crippen molar-refractivity contribution < 1.29 is 9.90 Å². The van der Waals surface area contributed by atoms with Crippen molar-refractivity contribution in [2.45, 2.75) is 44.7 Å². The maximum absolute atomic E-state index is 11.5. The predicted molar refractivity (Wildman–Crippen MR) is 54.6 cm³/mol. The molecule has 1 fully saturated rings. The third-order valence-corrected chi connectivity index (χ3v) is 2.84. The maximum Gasteiger partial charge on any atom is 0.222 e. The fraction of sp³-hybridized carbons (Fsp3) is 0.900. The van der Waals surface area contributed by atoms with Crippen LogP contribution in [0.3, 0.4) is 0 Å². The monoisotopic (exact) mass is 200 g/mol. The molecule has 0 aromatic rings. The van der Waals surface area contributed by atoms with Crippen LogP contribution in [-0.2, 0) is 4.79 Å². The minimum Gasteiger partial charge on any atom is -0.394 e. The molecule has 4 N–H and O–H groups in total. The van der Waals surface area contributed by atoms with Crippen LogP contribution in [0.4, 0.5) is 0 Å². The van der Waals surface area contributed by atoms with Crippen molar-refractivity contribution >= 4 is 5.91 Å². The number of aliphatic hydroxyl groups is 1. The summed E-state index contributed by atoms with van der Waals surface area (Å²) in [6.07, 6.45) is 2.11. The summed E-state index contributed by atoms with van der Waals surface area (Å²) < 4.78 is 0. The smallest absolute Gasteiger partial charge is 0.222 e.